The molecule has 9 rings (SSSR count). The molecular weight excluding hydrogens is 931 g/mol. The number of carbonyl (C=O) groups is 1. The predicted octanol–water partition coefficient (Wildman–Crippen LogP) is 16.0. The minimum Gasteiger partial charge on any atom is -0.457 e. The lowest BCUT2D eigenvalue weighted by Crippen LogP contribution is -2.40. The van der Waals surface area contributed by atoms with E-state index in [4.69, 9.17) is 9.47 Å². The molecule has 0 saturated heterocycles. The fraction of sp³-hybridized carbons (Fsp3) is 0.400. The van der Waals surface area contributed by atoms with Crippen molar-refractivity contribution >= 4 is 52.2 Å². The number of likely N-dealkylation sites (N-methyl/N-ethyl adjacent to an activating group) is 1. The second-order valence-corrected chi connectivity index (χ2v) is 22.2. The summed E-state index contributed by atoms with van der Waals surface area (Å²) in [7, 11) is 2.11. The quantitative estimate of drug-likeness (QED) is 0.0670. The summed E-state index contributed by atoms with van der Waals surface area (Å²) in [5.74, 6) is 4.08. The van der Waals surface area contributed by atoms with Crippen LogP contribution < -0.4 is 34.0 Å². The lowest BCUT2D eigenvalue weighted by atomic mass is 9.79. The number of anilines is 6. The Morgan fingerprint density at radius 1 is 0.703 bits per heavy atom. The third kappa shape index (κ3) is 10.8. The predicted molar refractivity (Wildman–Crippen MR) is 316 cm³/mol. The van der Waals surface area contributed by atoms with Crippen molar-refractivity contribution in [3.63, 3.8) is 0 Å². The maximum atomic E-state index is 10.9. The monoisotopic (exact) mass is 1010 g/mol. The number of hydrogen-bond donors (Lipinski definition) is 0. The molecule has 0 N–H and O–H groups in total. The van der Waals surface area contributed by atoms with Gasteiger partial charge in [-0.3, -0.25) is 0 Å². The summed E-state index contributed by atoms with van der Waals surface area (Å²) in [6.07, 6.45) is 13.3. The Balaban J connectivity index is 0.000000244. The average Bonchev–Trinajstić information content (AvgIpc) is 3.94. The number of nitrogens with zero attached hydrogens (tertiary/aromatic N) is 5. The number of aryl methyl sites for hydroxylation is 2. The number of carbonyl (C=O) groups excluding carboxylic acids is 1. The summed E-state index contributed by atoms with van der Waals surface area (Å²) in [6, 6.07) is 35.2. The van der Waals surface area contributed by atoms with Crippen molar-refractivity contribution in [2.45, 2.75) is 124 Å². The highest BCUT2D eigenvalue weighted by Gasteiger charge is 2.43. The Morgan fingerprint density at radius 3 is 1.85 bits per heavy atom. The van der Waals surface area contributed by atoms with Crippen molar-refractivity contribution < 1.29 is 14.3 Å². The summed E-state index contributed by atoms with van der Waals surface area (Å²) in [6.45, 7) is 33.0. The van der Waals surface area contributed by atoms with Gasteiger partial charge in [-0.25, -0.2) is 0 Å². The van der Waals surface area contributed by atoms with Gasteiger partial charge in [-0.15, -0.1) is 11.8 Å². The molecule has 0 bridgehead atoms. The van der Waals surface area contributed by atoms with Crippen LogP contribution in [0.1, 0.15) is 111 Å². The molecule has 0 amide bonds. The molecule has 0 fully saturated rings. The van der Waals surface area contributed by atoms with Crippen molar-refractivity contribution in [3.8, 4) is 17.2 Å². The van der Waals surface area contributed by atoms with Crippen LogP contribution in [0.5, 0.6) is 17.2 Å². The molecular formula is C65H81N5O3S. The molecule has 0 radical (unpaired) electrons. The molecule has 3 aliphatic heterocycles. The minimum atomic E-state index is -0.0976. The average molecular weight is 1010 g/mol. The fourth-order valence-corrected chi connectivity index (χ4v) is 12.1. The van der Waals surface area contributed by atoms with E-state index in [1.165, 1.54) is 73.6 Å². The van der Waals surface area contributed by atoms with Crippen molar-refractivity contribution in [2.75, 3.05) is 76.6 Å². The summed E-state index contributed by atoms with van der Waals surface area (Å²) < 4.78 is 13.1. The highest BCUT2D eigenvalue weighted by molar-refractivity contribution is 7.99. The molecule has 390 valence electrons. The molecule has 1 unspecified atom stereocenters. The van der Waals surface area contributed by atoms with E-state index < -0.39 is 0 Å². The van der Waals surface area contributed by atoms with Gasteiger partial charge in [-0.05, 0) is 157 Å². The van der Waals surface area contributed by atoms with E-state index >= 15 is 0 Å². The van der Waals surface area contributed by atoms with Crippen LogP contribution in [0.4, 0.5) is 34.1 Å². The van der Waals surface area contributed by atoms with Gasteiger partial charge < -0.3 is 38.8 Å². The molecule has 5 aromatic rings. The Hall–Kier alpha value is -6.32. The van der Waals surface area contributed by atoms with Crippen LogP contribution in [0.2, 0.25) is 0 Å². The molecule has 3 heterocycles. The van der Waals surface area contributed by atoms with E-state index in [-0.39, 0.29) is 16.9 Å². The number of rotatable bonds is 17. The largest absolute Gasteiger partial charge is 0.457 e. The molecule has 0 spiro atoms. The van der Waals surface area contributed by atoms with Crippen LogP contribution in [0, 0.1) is 13.8 Å². The zero-order valence-corrected chi connectivity index (χ0v) is 47.5. The first-order valence-electron chi connectivity index (χ1n) is 27.2. The Labute approximate surface area is 448 Å². The number of fused-ring (bicyclic) bond motifs is 4. The van der Waals surface area contributed by atoms with Crippen molar-refractivity contribution in [3.05, 3.63) is 166 Å². The van der Waals surface area contributed by atoms with Crippen LogP contribution in [0.15, 0.2) is 149 Å². The number of aldehydes is 1. The summed E-state index contributed by atoms with van der Waals surface area (Å²) >= 11 is 1.54. The first-order chi connectivity index (χ1) is 35.6. The molecule has 1 aliphatic carbocycles. The topological polar surface area (TPSA) is 51.7 Å². The number of thioether (sulfide) groups is 1. The molecule has 0 aromatic heterocycles. The zero-order valence-electron chi connectivity index (χ0n) is 46.6. The van der Waals surface area contributed by atoms with Crippen LogP contribution in [0.3, 0.4) is 0 Å². The Kier molecular flexibility index (Phi) is 16.8. The van der Waals surface area contributed by atoms with E-state index in [1.54, 1.807) is 0 Å². The van der Waals surface area contributed by atoms with Crippen molar-refractivity contribution in [1.82, 2.24) is 0 Å². The second-order valence-electron chi connectivity index (χ2n) is 21.1. The first kappa shape index (κ1) is 54.0. The third-order valence-electron chi connectivity index (χ3n) is 15.7. The van der Waals surface area contributed by atoms with Gasteiger partial charge in [-0.1, -0.05) is 88.2 Å². The van der Waals surface area contributed by atoms with Crippen LogP contribution in [0.25, 0.3) is 0 Å². The highest BCUT2D eigenvalue weighted by atomic mass is 32.2. The molecule has 5 aromatic carbocycles. The summed E-state index contributed by atoms with van der Waals surface area (Å²) in [4.78, 5) is 23.9. The summed E-state index contributed by atoms with van der Waals surface area (Å²) in [5, 5.41) is 0. The van der Waals surface area contributed by atoms with Crippen molar-refractivity contribution in [2.24, 2.45) is 0 Å². The number of benzene rings is 5. The first-order valence-corrected chi connectivity index (χ1v) is 28.2. The molecule has 74 heavy (non-hydrogen) atoms. The smallest absolute Gasteiger partial charge is 0.153 e. The van der Waals surface area contributed by atoms with Gasteiger partial charge in [0.25, 0.3) is 0 Å². The van der Waals surface area contributed by atoms with E-state index in [0.717, 1.165) is 104 Å². The van der Waals surface area contributed by atoms with Gasteiger partial charge in [0.1, 0.15) is 17.8 Å². The van der Waals surface area contributed by atoms with Crippen LogP contribution in [-0.4, -0.2) is 64.4 Å². The minimum absolute atomic E-state index is 0.0175. The lowest BCUT2D eigenvalue weighted by molar-refractivity contribution is -0.105. The van der Waals surface area contributed by atoms with E-state index in [9.17, 15) is 4.79 Å². The normalized spacial score (nSPS) is 18.0. The van der Waals surface area contributed by atoms with Gasteiger partial charge in [0.05, 0.1) is 23.2 Å². The molecule has 0 saturated carbocycles. The number of ether oxygens (including phenoxy) is 2. The highest BCUT2D eigenvalue weighted by Crippen LogP contribution is 2.51. The van der Waals surface area contributed by atoms with Gasteiger partial charge >= 0.3 is 0 Å². The second kappa shape index (κ2) is 23.1. The number of allylic oxidation sites excluding steroid dienone is 6. The molecule has 1 atom stereocenters. The Bertz CT molecular complexity index is 2880. The maximum Gasteiger partial charge on any atom is 0.153 e. The lowest BCUT2D eigenvalue weighted by Gasteiger charge is -2.32. The van der Waals surface area contributed by atoms with E-state index in [0.29, 0.717) is 5.75 Å². The maximum absolute atomic E-state index is 10.9. The fourth-order valence-electron chi connectivity index (χ4n) is 11.5. The van der Waals surface area contributed by atoms with E-state index in [2.05, 4.69) is 212 Å². The SMILES string of the molecule is CCCN1c2ccc(C)cc2C(C)(C)C1/C=C/C1=C(Oc2ccc(SCC=O)cc2)C(=C/C=C2/N(CC)c3ccc(C)cc3C2(C)C)/CC1.CCN(CC)c1ccc2c(c1)Oc1cc(N(CC)CC)ccc1N2C. The van der Waals surface area contributed by atoms with Crippen LogP contribution in [-0.2, 0) is 15.6 Å². The van der Waals surface area contributed by atoms with Crippen molar-refractivity contribution in [1.29, 1.82) is 0 Å². The van der Waals surface area contributed by atoms with Gasteiger partial charge in [-0.2, -0.15) is 0 Å². The third-order valence-corrected chi connectivity index (χ3v) is 16.6. The molecule has 8 nitrogen and oxygen atoms in total. The summed E-state index contributed by atoms with van der Waals surface area (Å²) in [5.41, 5.74) is 16.4. The standard InChI is InChI=1S/C44H52N2O2S.C21H29N3O/c1-9-25-46-39-22-12-31(4)29-37(39)44(7,8)41(46)24-16-33-14-13-32(42(33)48-34-17-19-35(20-18-34)49-27-26-47)15-23-40-43(5,6)36-28-30(3)11-21-38(36)45(40)10-2;1-6-23(7-2)16-10-12-18-20(14-16)25-21-15-17(24(8-3)9-4)11-13-19(21)22(18)5/h11-12,15-24,26,28-29,41H,9-10,13-14,25,27H2,1-8H3;10-15H,6-9H2,1-5H3/b24-16+,32-15+,40-23+;. The van der Waals surface area contributed by atoms with Gasteiger partial charge in [0, 0.05) is 103 Å². The van der Waals surface area contributed by atoms with Gasteiger partial charge in [0.2, 0.25) is 0 Å². The zero-order chi connectivity index (χ0) is 52.9. The van der Waals surface area contributed by atoms with Gasteiger partial charge in [0.15, 0.2) is 11.5 Å². The molecule has 9 heteroatoms. The number of hydrogen-bond acceptors (Lipinski definition) is 9. The Morgan fingerprint density at radius 2 is 1.28 bits per heavy atom. The van der Waals surface area contributed by atoms with Crippen LogP contribution >= 0.6 is 11.8 Å². The molecule has 4 aliphatic rings. The van der Waals surface area contributed by atoms with E-state index in [1.807, 2.05) is 24.3 Å².